The van der Waals surface area contributed by atoms with Gasteiger partial charge in [-0.25, -0.2) is 4.98 Å². The Morgan fingerprint density at radius 2 is 1.86 bits per heavy atom. The van der Waals surface area contributed by atoms with E-state index < -0.39 is 6.04 Å². The van der Waals surface area contributed by atoms with Crippen LogP contribution < -0.4 is 5.32 Å². The minimum absolute atomic E-state index is 0.0491. The highest BCUT2D eigenvalue weighted by Crippen LogP contribution is 2.39. The van der Waals surface area contributed by atoms with E-state index in [9.17, 15) is 14.7 Å². The van der Waals surface area contributed by atoms with Crippen LogP contribution in [0.2, 0.25) is 0 Å². The van der Waals surface area contributed by atoms with Gasteiger partial charge in [-0.05, 0) is 49.1 Å². The van der Waals surface area contributed by atoms with Gasteiger partial charge in [0.15, 0.2) is 0 Å². The number of carbonyl (C=O) groups is 2. The first-order valence-corrected chi connectivity index (χ1v) is 13.7. The summed E-state index contributed by atoms with van der Waals surface area (Å²) in [6.45, 7) is 2.53. The second-order valence-electron chi connectivity index (χ2n) is 9.74. The number of rotatable bonds is 6. The molecule has 2 N–H and O–H groups in total. The molecule has 2 heterocycles. The van der Waals surface area contributed by atoms with Crippen LogP contribution >= 0.6 is 11.3 Å². The largest absolute Gasteiger partial charge is 0.507 e. The number of phenolic OH excluding ortho intramolecular Hbond substituents is 1. The molecule has 0 unspecified atom stereocenters. The number of benzene rings is 2. The number of aromatic hydroxyl groups is 1. The van der Waals surface area contributed by atoms with Crippen molar-refractivity contribution in [3.8, 4) is 17.0 Å². The predicted molar refractivity (Wildman–Crippen MR) is 139 cm³/mol. The van der Waals surface area contributed by atoms with E-state index in [-0.39, 0.29) is 29.5 Å². The van der Waals surface area contributed by atoms with Crippen LogP contribution in [0.25, 0.3) is 22.0 Å². The van der Waals surface area contributed by atoms with E-state index in [0.717, 1.165) is 65.6 Å². The number of nitrogens with one attached hydrogen (secondary N) is 1. The highest BCUT2D eigenvalue weighted by molar-refractivity contribution is 7.10. The minimum atomic E-state index is -0.441. The van der Waals surface area contributed by atoms with E-state index in [1.54, 1.807) is 17.4 Å². The van der Waals surface area contributed by atoms with E-state index in [0.29, 0.717) is 13.0 Å². The van der Waals surface area contributed by atoms with Crippen molar-refractivity contribution in [3.05, 3.63) is 46.8 Å². The quantitative estimate of drug-likeness (QED) is 0.456. The molecule has 3 aromatic rings. The summed E-state index contributed by atoms with van der Waals surface area (Å²) in [6, 6.07) is 10.9. The van der Waals surface area contributed by atoms with Gasteiger partial charge in [0.2, 0.25) is 11.8 Å². The Labute approximate surface area is 210 Å². The number of hydrogen-bond donors (Lipinski definition) is 2. The highest BCUT2D eigenvalue weighted by Gasteiger charge is 2.39. The van der Waals surface area contributed by atoms with Gasteiger partial charge in [-0.3, -0.25) is 9.59 Å². The van der Waals surface area contributed by atoms with Crippen molar-refractivity contribution < 1.29 is 14.7 Å². The molecule has 2 fully saturated rings. The maximum absolute atomic E-state index is 13.8. The maximum atomic E-state index is 13.8. The molecule has 35 heavy (non-hydrogen) atoms. The zero-order valence-electron chi connectivity index (χ0n) is 20.2. The molecule has 0 radical (unpaired) electrons. The van der Waals surface area contributed by atoms with Crippen LogP contribution in [0.1, 0.15) is 69.3 Å². The van der Waals surface area contributed by atoms with Crippen molar-refractivity contribution in [3.63, 3.8) is 0 Å². The van der Waals surface area contributed by atoms with Crippen molar-refractivity contribution in [1.82, 2.24) is 15.2 Å². The summed E-state index contributed by atoms with van der Waals surface area (Å²) < 4.78 is 0. The van der Waals surface area contributed by atoms with Gasteiger partial charge < -0.3 is 15.3 Å². The second-order valence-corrected chi connectivity index (χ2v) is 10.6. The first-order chi connectivity index (χ1) is 17.1. The Bertz CT molecular complexity index is 1220. The Kier molecular flexibility index (Phi) is 7.04. The Hall–Kier alpha value is -2.93. The normalized spacial score (nSPS) is 19.7. The van der Waals surface area contributed by atoms with Gasteiger partial charge in [0.05, 0.1) is 11.7 Å². The summed E-state index contributed by atoms with van der Waals surface area (Å²) in [5, 5.41) is 18.1. The van der Waals surface area contributed by atoms with Gasteiger partial charge in [0.25, 0.3) is 0 Å². The smallest absolute Gasteiger partial charge is 0.246 e. The molecule has 1 saturated carbocycles. The van der Waals surface area contributed by atoms with Gasteiger partial charge in [0.1, 0.15) is 16.8 Å². The van der Waals surface area contributed by atoms with Gasteiger partial charge in [-0.2, -0.15) is 0 Å². The molecule has 1 aliphatic carbocycles. The highest BCUT2D eigenvalue weighted by atomic mass is 32.1. The van der Waals surface area contributed by atoms with Crippen LogP contribution in [0.5, 0.6) is 5.75 Å². The number of nitrogens with zero attached hydrogens (tertiary/aromatic N) is 2. The Morgan fingerprint density at radius 1 is 1.09 bits per heavy atom. The van der Waals surface area contributed by atoms with E-state index in [2.05, 4.69) is 5.32 Å². The molecule has 2 amide bonds. The molecule has 6 nitrogen and oxygen atoms in total. The molecule has 5 rings (SSSR count). The summed E-state index contributed by atoms with van der Waals surface area (Å²) in [5.41, 5.74) is 1.84. The fourth-order valence-electron chi connectivity index (χ4n) is 5.66. The molecular formula is C28H33N3O3S. The lowest BCUT2D eigenvalue weighted by molar-refractivity contribution is -0.139. The molecule has 1 saturated heterocycles. The zero-order chi connectivity index (χ0) is 24.4. The summed E-state index contributed by atoms with van der Waals surface area (Å²) in [6.07, 6.45) is 7.64. The van der Waals surface area contributed by atoms with E-state index in [1.807, 2.05) is 47.5 Å². The monoisotopic (exact) mass is 491 g/mol. The Morgan fingerprint density at radius 3 is 2.63 bits per heavy atom. The van der Waals surface area contributed by atoms with Crippen molar-refractivity contribution in [2.75, 3.05) is 6.54 Å². The molecule has 2 aromatic carbocycles. The summed E-state index contributed by atoms with van der Waals surface area (Å²) >= 11 is 1.59. The summed E-state index contributed by atoms with van der Waals surface area (Å²) in [5.74, 6) is 0.465. The van der Waals surface area contributed by atoms with Crippen LogP contribution in [0.15, 0.2) is 41.8 Å². The standard InChI is InChI=1S/C28H33N3O3S/c1-2-25(33)30-26(18-9-4-3-5-10-18)28(34)31-16-8-13-23(31)27-29-22(17-35-27)20-14-15-24(32)21-12-7-6-11-19(20)21/h6-7,11-12,14-15,17-18,23,26,32H,2-5,8-10,13,16H2,1H3,(H,30,33)/t23-,26-/m0/s1. The average Bonchev–Trinajstić information content (AvgIpc) is 3.58. The molecule has 7 heteroatoms. The lowest BCUT2D eigenvalue weighted by atomic mass is 9.83. The molecule has 1 aromatic heterocycles. The fourth-order valence-corrected chi connectivity index (χ4v) is 6.63. The zero-order valence-corrected chi connectivity index (χ0v) is 21.0. The number of fused-ring (bicyclic) bond motifs is 1. The van der Waals surface area contributed by atoms with Gasteiger partial charge >= 0.3 is 0 Å². The first-order valence-electron chi connectivity index (χ1n) is 12.8. The van der Waals surface area contributed by atoms with Crippen molar-refractivity contribution in [2.24, 2.45) is 5.92 Å². The lowest BCUT2D eigenvalue weighted by Gasteiger charge is -2.34. The van der Waals surface area contributed by atoms with Crippen LogP contribution in [-0.4, -0.2) is 39.4 Å². The average molecular weight is 492 g/mol. The van der Waals surface area contributed by atoms with Crippen molar-refractivity contribution in [2.45, 2.75) is 70.4 Å². The maximum Gasteiger partial charge on any atom is 0.246 e. The van der Waals surface area contributed by atoms with Crippen LogP contribution in [0.3, 0.4) is 0 Å². The Balaban J connectivity index is 1.41. The SMILES string of the molecule is CCC(=O)N[C@H](C(=O)N1CCC[C@H]1c1nc(-c2ccc(O)c3ccccc23)cs1)C1CCCCC1. The van der Waals surface area contributed by atoms with Gasteiger partial charge in [-0.15, -0.1) is 11.3 Å². The number of amides is 2. The minimum Gasteiger partial charge on any atom is -0.507 e. The molecule has 184 valence electrons. The van der Waals surface area contributed by atoms with Crippen LogP contribution in [0, 0.1) is 5.92 Å². The van der Waals surface area contributed by atoms with Gasteiger partial charge in [0, 0.05) is 29.3 Å². The van der Waals surface area contributed by atoms with Crippen LogP contribution in [0.4, 0.5) is 0 Å². The second kappa shape index (κ2) is 10.4. The predicted octanol–water partition coefficient (Wildman–Crippen LogP) is 5.81. The molecule has 2 aliphatic rings. The number of likely N-dealkylation sites (tertiary alicyclic amines) is 1. The molecule has 0 bridgehead atoms. The van der Waals surface area contributed by atoms with E-state index >= 15 is 0 Å². The van der Waals surface area contributed by atoms with Crippen molar-refractivity contribution >= 4 is 33.9 Å². The molecular weight excluding hydrogens is 458 g/mol. The third kappa shape index (κ3) is 4.79. The number of carbonyl (C=O) groups excluding carboxylic acids is 2. The number of aromatic nitrogens is 1. The third-order valence-electron chi connectivity index (χ3n) is 7.54. The lowest BCUT2D eigenvalue weighted by Crippen LogP contribution is -2.52. The first kappa shape index (κ1) is 23.8. The van der Waals surface area contributed by atoms with E-state index in [4.69, 9.17) is 4.98 Å². The summed E-state index contributed by atoms with van der Waals surface area (Å²) in [7, 11) is 0. The number of hydrogen-bond acceptors (Lipinski definition) is 5. The van der Waals surface area contributed by atoms with E-state index in [1.165, 1.54) is 6.42 Å². The molecule has 2 atom stereocenters. The number of thiazole rings is 1. The van der Waals surface area contributed by atoms with Crippen LogP contribution in [-0.2, 0) is 9.59 Å². The number of phenols is 1. The van der Waals surface area contributed by atoms with Crippen molar-refractivity contribution in [1.29, 1.82) is 0 Å². The topological polar surface area (TPSA) is 82.5 Å². The van der Waals surface area contributed by atoms with Gasteiger partial charge in [-0.1, -0.05) is 50.5 Å². The fraction of sp³-hybridized carbons (Fsp3) is 0.464. The third-order valence-corrected chi connectivity index (χ3v) is 8.49. The molecule has 1 aliphatic heterocycles. The summed E-state index contributed by atoms with van der Waals surface area (Å²) in [4.78, 5) is 33.1. The molecule has 0 spiro atoms.